The number of carbonyl (C=O) groups is 3. The Labute approximate surface area is 211 Å². The maximum Gasteiger partial charge on any atom is 0.257 e. The van der Waals surface area contributed by atoms with E-state index in [1.807, 2.05) is 13.8 Å². The van der Waals surface area contributed by atoms with Crippen LogP contribution >= 0.6 is 0 Å². The maximum atomic E-state index is 13.4. The second kappa shape index (κ2) is 12.5. The van der Waals surface area contributed by atoms with Gasteiger partial charge in [-0.15, -0.1) is 0 Å². The van der Waals surface area contributed by atoms with Gasteiger partial charge in [-0.05, 0) is 31.2 Å². The van der Waals surface area contributed by atoms with Crippen LogP contribution in [0, 0.1) is 5.92 Å². The number of methoxy groups -OCH3 is 2. The Hall–Kier alpha value is -3.50. The number of hydrogen-bond donors (Lipinski definition) is 1. The van der Waals surface area contributed by atoms with Crippen LogP contribution in [-0.4, -0.2) is 92.2 Å². The Morgan fingerprint density at radius 3 is 2.64 bits per heavy atom. The summed E-state index contributed by atoms with van der Waals surface area (Å²) >= 11 is 0. The number of nitrogens with one attached hydrogen (secondary N) is 1. The molecule has 10 heteroatoms. The molecule has 0 spiro atoms. The van der Waals surface area contributed by atoms with Gasteiger partial charge in [0.25, 0.3) is 11.8 Å². The highest BCUT2D eigenvalue weighted by Gasteiger charge is 2.31. The van der Waals surface area contributed by atoms with Gasteiger partial charge in [0, 0.05) is 64.4 Å². The molecule has 1 N–H and O–H groups in total. The van der Waals surface area contributed by atoms with Gasteiger partial charge in [-0.1, -0.05) is 6.92 Å². The van der Waals surface area contributed by atoms with E-state index in [1.165, 1.54) is 7.11 Å². The van der Waals surface area contributed by atoms with E-state index in [0.717, 1.165) is 0 Å². The Morgan fingerprint density at radius 2 is 1.97 bits per heavy atom. The fraction of sp³-hybridized carbons (Fsp3) is 0.462. The van der Waals surface area contributed by atoms with Crippen molar-refractivity contribution in [3.63, 3.8) is 0 Å². The zero-order valence-electron chi connectivity index (χ0n) is 21.4. The molecule has 3 amide bonds. The molecule has 0 saturated heterocycles. The minimum Gasteiger partial charge on any atom is -0.491 e. The fourth-order valence-corrected chi connectivity index (χ4v) is 4.12. The third kappa shape index (κ3) is 6.58. The highest BCUT2D eigenvalue weighted by molar-refractivity contribution is 5.98. The van der Waals surface area contributed by atoms with Crippen LogP contribution < -0.4 is 10.1 Å². The van der Waals surface area contributed by atoms with E-state index in [1.54, 1.807) is 66.7 Å². The van der Waals surface area contributed by atoms with Crippen molar-refractivity contribution in [2.24, 2.45) is 5.92 Å². The van der Waals surface area contributed by atoms with Gasteiger partial charge in [0.1, 0.15) is 19.0 Å². The lowest BCUT2D eigenvalue weighted by atomic mass is 10.0. The molecule has 3 rings (SSSR count). The number of rotatable bonds is 5. The SMILES string of the molecule is COCC(=O)Nc1ccc2c(c1)OC[C@H](C)N(C(=O)c1cccnc1)C[C@@H](C)[C@@H](OC)CN(C)C2=O. The van der Waals surface area contributed by atoms with E-state index in [0.29, 0.717) is 35.7 Å². The molecule has 0 fully saturated rings. The summed E-state index contributed by atoms with van der Waals surface area (Å²) in [6.45, 7) is 4.66. The van der Waals surface area contributed by atoms with Crippen LogP contribution in [-0.2, 0) is 14.3 Å². The molecule has 2 heterocycles. The Kier molecular flexibility index (Phi) is 9.38. The highest BCUT2D eigenvalue weighted by atomic mass is 16.5. The molecular formula is C26H34N4O6. The minimum atomic E-state index is -0.329. The molecule has 0 unspecified atom stereocenters. The summed E-state index contributed by atoms with van der Waals surface area (Å²) in [5.74, 6) is -0.475. The van der Waals surface area contributed by atoms with Crippen molar-refractivity contribution in [3.8, 4) is 5.75 Å². The van der Waals surface area contributed by atoms with Crippen molar-refractivity contribution in [3.05, 3.63) is 53.9 Å². The zero-order valence-corrected chi connectivity index (χ0v) is 21.4. The minimum absolute atomic E-state index is 0.0643. The van der Waals surface area contributed by atoms with Crippen LogP contribution in [0.15, 0.2) is 42.7 Å². The van der Waals surface area contributed by atoms with Gasteiger partial charge in [-0.3, -0.25) is 19.4 Å². The summed E-state index contributed by atoms with van der Waals surface area (Å²) in [5, 5.41) is 2.73. The Bertz CT molecular complexity index is 1060. The van der Waals surface area contributed by atoms with Gasteiger partial charge in [-0.2, -0.15) is 0 Å². The summed E-state index contributed by atoms with van der Waals surface area (Å²) in [7, 11) is 4.74. The average molecular weight is 499 g/mol. The molecule has 0 aliphatic carbocycles. The van der Waals surface area contributed by atoms with E-state index in [-0.39, 0.29) is 49.0 Å². The predicted molar refractivity (Wildman–Crippen MR) is 134 cm³/mol. The smallest absolute Gasteiger partial charge is 0.257 e. The number of likely N-dealkylation sites (N-methyl/N-ethyl adjacent to an activating group) is 1. The van der Waals surface area contributed by atoms with E-state index in [2.05, 4.69) is 10.3 Å². The number of fused-ring (bicyclic) bond motifs is 1. The highest BCUT2D eigenvalue weighted by Crippen LogP contribution is 2.27. The first-order valence-corrected chi connectivity index (χ1v) is 11.8. The third-order valence-electron chi connectivity index (χ3n) is 6.18. The summed E-state index contributed by atoms with van der Waals surface area (Å²) in [6.07, 6.45) is 2.86. The van der Waals surface area contributed by atoms with Crippen molar-refractivity contribution in [1.29, 1.82) is 0 Å². The number of amides is 3. The third-order valence-corrected chi connectivity index (χ3v) is 6.18. The Balaban J connectivity index is 1.97. The largest absolute Gasteiger partial charge is 0.491 e. The number of nitrogens with zero attached hydrogens (tertiary/aromatic N) is 3. The van der Waals surface area contributed by atoms with Gasteiger partial charge < -0.3 is 29.3 Å². The van der Waals surface area contributed by atoms with Gasteiger partial charge in [0.15, 0.2) is 0 Å². The van der Waals surface area contributed by atoms with Gasteiger partial charge in [-0.25, -0.2) is 0 Å². The van der Waals surface area contributed by atoms with E-state index in [4.69, 9.17) is 14.2 Å². The molecule has 3 atom stereocenters. The van der Waals surface area contributed by atoms with Crippen LogP contribution in [0.1, 0.15) is 34.6 Å². The first kappa shape index (κ1) is 27.1. The van der Waals surface area contributed by atoms with Crippen LogP contribution in [0.25, 0.3) is 0 Å². The lowest BCUT2D eigenvalue weighted by Crippen LogP contribution is -2.48. The number of hydrogen-bond acceptors (Lipinski definition) is 7. The standard InChI is InChI=1S/C26H34N4O6/c1-17-13-30(25(32)19-7-6-10-27-12-19)18(2)15-36-22-11-20(28-24(31)16-34-4)8-9-21(22)26(33)29(3)14-23(17)35-5/h6-12,17-18,23H,13-16H2,1-5H3,(H,28,31)/t17-,18+,23+/m1/s1. The van der Waals surface area contributed by atoms with Crippen LogP contribution in [0.5, 0.6) is 5.75 Å². The molecule has 194 valence electrons. The summed E-state index contributed by atoms with van der Waals surface area (Å²) in [6, 6.07) is 8.00. The number of carbonyl (C=O) groups excluding carboxylic acids is 3. The second-order valence-corrected chi connectivity index (χ2v) is 8.99. The Morgan fingerprint density at radius 1 is 1.19 bits per heavy atom. The number of benzene rings is 1. The van der Waals surface area contributed by atoms with Crippen molar-refractivity contribution in [2.75, 3.05) is 52.9 Å². The lowest BCUT2D eigenvalue weighted by molar-refractivity contribution is -0.119. The van der Waals surface area contributed by atoms with Crippen molar-refractivity contribution in [2.45, 2.75) is 26.0 Å². The zero-order chi connectivity index (χ0) is 26.2. The molecule has 36 heavy (non-hydrogen) atoms. The molecule has 1 aliphatic rings. The second-order valence-electron chi connectivity index (χ2n) is 8.99. The van der Waals surface area contributed by atoms with Crippen LogP contribution in [0.2, 0.25) is 0 Å². The number of anilines is 1. The molecule has 0 saturated carbocycles. The molecule has 0 bridgehead atoms. The summed E-state index contributed by atoms with van der Waals surface area (Å²) < 4.78 is 16.7. The first-order chi connectivity index (χ1) is 17.2. The van der Waals surface area contributed by atoms with Crippen molar-refractivity contribution in [1.82, 2.24) is 14.8 Å². The molecule has 1 aliphatic heterocycles. The normalized spacial score (nSPS) is 21.0. The van der Waals surface area contributed by atoms with Crippen LogP contribution in [0.4, 0.5) is 5.69 Å². The monoisotopic (exact) mass is 498 g/mol. The molecule has 10 nitrogen and oxygen atoms in total. The van der Waals surface area contributed by atoms with E-state index in [9.17, 15) is 14.4 Å². The van der Waals surface area contributed by atoms with Gasteiger partial charge in [0.2, 0.25) is 5.91 Å². The van der Waals surface area contributed by atoms with Crippen molar-refractivity contribution < 1.29 is 28.6 Å². The molecule has 1 aromatic heterocycles. The number of pyridine rings is 1. The van der Waals surface area contributed by atoms with Crippen molar-refractivity contribution >= 4 is 23.4 Å². The first-order valence-electron chi connectivity index (χ1n) is 11.8. The van der Waals surface area contributed by atoms with E-state index >= 15 is 0 Å². The summed E-state index contributed by atoms with van der Waals surface area (Å²) in [4.78, 5) is 46.1. The quantitative estimate of drug-likeness (QED) is 0.674. The maximum absolute atomic E-state index is 13.4. The fourth-order valence-electron chi connectivity index (χ4n) is 4.12. The molecule has 1 aromatic carbocycles. The molecule has 0 radical (unpaired) electrons. The van der Waals surface area contributed by atoms with Gasteiger partial charge in [0.05, 0.1) is 23.3 Å². The predicted octanol–water partition coefficient (Wildman–Crippen LogP) is 2.31. The lowest BCUT2D eigenvalue weighted by Gasteiger charge is -2.36. The summed E-state index contributed by atoms with van der Waals surface area (Å²) in [5.41, 5.74) is 1.30. The number of ether oxygens (including phenoxy) is 3. The van der Waals surface area contributed by atoms with E-state index < -0.39 is 0 Å². The molecule has 2 aromatic rings. The molecular weight excluding hydrogens is 464 g/mol. The average Bonchev–Trinajstić information content (AvgIpc) is 2.88. The number of aromatic nitrogens is 1. The van der Waals surface area contributed by atoms with Crippen LogP contribution in [0.3, 0.4) is 0 Å². The van der Waals surface area contributed by atoms with Gasteiger partial charge >= 0.3 is 0 Å². The topological polar surface area (TPSA) is 110 Å².